The first-order chi connectivity index (χ1) is 15.5. The maximum Gasteiger partial charge on any atom is 0.338 e. The lowest BCUT2D eigenvalue weighted by Gasteiger charge is -2.24. The number of carbonyl (C=O) groups is 1. The van der Waals surface area contributed by atoms with Gasteiger partial charge in [-0.3, -0.25) is 9.36 Å². The number of ether oxygens (including phenoxy) is 2. The summed E-state index contributed by atoms with van der Waals surface area (Å²) in [5.74, 6) is 0.290. The highest BCUT2D eigenvalue weighted by Crippen LogP contribution is 2.30. The third-order valence-electron chi connectivity index (χ3n) is 5.10. The lowest BCUT2D eigenvalue weighted by Crippen LogP contribution is -2.39. The van der Waals surface area contributed by atoms with Gasteiger partial charge in [-0.2, -0.15) is 0 Å². The molecule has 0 fully saturated rings. The van der Waals surface area contributed by atoms with Crippen LogP contribution in [0.2, 0.25) is 0 Å². The number of allylic oxidation sites excluding steroid dienone is 1. The van der Waals surface area contributed by atoms with Gasteiger partial charge in [-0.1, -0.05) is 53.8 Å². The van der Waals surface area contributed by atoms with Crippen molar-refractivity contribution in [3.8, 4) is 5.75 Å². The lowest BCUT2D eigenvalue weighted by atomic mass is 9.96. The number of fused-ring (bicyclic) bond motifs is 1. The fourth-order valence-corrected chi connectivity index (χ4v) is 4.80. The largest absolute Gasteiger partial charge is 0.494 e. The average molecular weight is 449 g/mol. The first-order valence-corrected chi connectivity index (χ1v) is 11.3. The highest BCUT2D eigenvalue weighted by molar-refractivity contribution is 7.07. The number of esters is 1. The number of hydrogen-bond donors (Lipinski definition) is 0. The second-order valence-corrected chi connectivity index (χ2v) is 8.23. The van der Waals surface area contributed by atoms with E-state index >= 15 is 0 Å². The zero-order chi connectivity index (χ0) is 22.7. The zero-order valence-electron chi connectivity index (χ0n) is 18.2. The Kier molecular flexibility index (Phi) is 6.37. The fraction of sp³-hybridized carbons (Fsp3) is 0.240. The van der Waals surface area contributed by atoms with Crippen molar-refractivity contribution in [2.45, 2.75) is 26.8 Å². The van der Waals surface area contributed by atoms with Gasteiger partial charge >= 0.3 is 5.97 Å². The molecule has 164 valence electrons. The van der Waals surface area contributed by atoms with E-state index in [-0.39, 0.29) is 12.2 Å². The van der Waals surface area contributed by atoms with Gasteiger partial charge in [-0.05, 0) is 50.1 Å². The molecule has 1 atom stereocenters. The molecule has 2 heterocycles. The Morgan fingerprint density at radius 3 is 2.62 bits per heavy atom. The molecule has 4 rings (SSSR count). The molecule has 0 amide bonds. The zero-order valence-corrected chi connectivity index (χ0v) is 19.0. The number of rotatable bonds is 6. The van der Waals surface area contributed by atoms with Crippen molar-refractivity contribution in [1.29, 1.82) is 0 Å². The van der Waals surface area contributed by atoms with Crippen LogP contribution in [0.5, 0.6) is 5.75 Å². The van der Waals surface area contributed by atoms with Gasteiger partial charge in [-0.25, -0.2) is 9.79 Å². The summed E-state index contributed by atoms with van der Waals surface area (Å²) in [6, 6.07) is 16.5. The fourth-order valence-electron chi connectivity index (χ4n) is 3.75. The van der Waals surface area contributed by atoms with Crippen LogP contribution < -0.4 is 19.6 Å². The molecule has 1 aliphatic rings. The van der Waals surface area contributed by atoms with Crippen LogP contribution in [0.25, 0.3) is 6.08 Å². The summed E-state index contributed by atoms with van der Waals surface area (Å²) in [6.07, 6.45) is 1.83. The van der Waals surface area contributed by atoms with E-state index in [4.69, 9.17) is 9.47 Å². The van der Waals surface area contributed by atoms with E-state index in [1.165, 1.54) is 11.3 Å². The van der Waals surface area contributed by atoms with Crippen molar-refractivity contribution in [3.63, 3.8) is 0 Å². The third-order valence-corrected chi connectivity index (χ3v) is 6.08. The normalized spacial score (nSPS) is 15.8. The molecule has 1 unspecified atom stereocenters. The molecule has 0 N–H and O–H groups in total. The maximum absolute atomic E-state index is 13.5. The van der Waals surface area contributed by atoms with Gasteiger partial charge in [0.15, 0.2) is 4.80 Å². The first kappa shape index (κ1) is 21.8. The predicted octanol–water partition coefficient (Wildman–Crippen LogP) is 3.20. The molecule has 0 saturated carbocycles. The number of thiazole rings is 1. The molecule has 3 aromatic rings. The highest BCUT2D eigenvalue weighted by Gasteiger charge is 2.33. The second-order valence-electron chi connectivity index (χ2n) is 7.22. The highest BCUT2D eigenvalue weighted by atomic mass is 32.1. The molecule has 6 nitrogen and oxygen atoms in total. The summed E-state index contributed by atoms with van der Waals surface area (Å²) >= 11 is 1.31. The summed E-state index contributed by atoms with van der Waals surface area (Å²) in [5.41, 5.74) is 2.44. The Morgan fingerprint density at radius 1 is 1.12 bits per heavy atom. The Balaban J connectivity index is 1.91. The van der Waals surface area contributed by atoms with Crippen LogP contribution in [0.1, 0.15) is 37.9 Å². The van der Waals surface area contributed by atoms with Crippen LogP contribution in [-0.4, -0.2) is 23.8 Å². The summed E-state index contributed by atoms with van der Waals surface area (Å²) in [7, 11) is 0. The van der Waals surface area contributed by atoms with Crippen LogP contribution in [0.15, 0.2) is 75.7 Å². The van der Waals surface area contributed by atoms with Gasteiger partial charge in [0, 0.05) is 0 Å². The van der Waals surface area contributed by atoms with Gasteiger partial charge < -0.3 is 9.47 Å². The van der Waals surface area contributed by atoms with E-state index in [0.717, 1.165) is 16.9 Å². The second kappa shape index (κ2) is 9.36. The number of nitrogens with zero attached hydrogens (tertiary/aromatic N) is 2. The van der Waals surface area contributed by atoms with Gasteiger partial charge in [0.1, 0.15) is 5.75 Å². The van der Waals surface area contributed by atoms with Gasteiger partial charge in [0.05, 0.1) is 35.1 Å². The van der Waals surface area contributed by atoms with E-state index in [2.05, 4.69) is 4.99 Å². The minimum atomic E-state index is -0.594. The Bertz CT molecular complexity index is 1350. The molecule has 0 radical (unpaired) electrons. The van der Waals surface area contributed by atoms with E-state index in [1.807, 2.05) is 67.6 Å². The quantitative estimate of drug-likeness (QED) is 0.543. The minimum absolute atomic E-state index is 0.196. The third kappa shape index (κ3) is 4.16. The van der Waals surface area contributed by atoms with E-state index in [0.29, 0.717) is 27.2 Å². The van der Waals surface area contributed by atoms with Crippen molar-refractivity contribution in [2.24, 2.45) is 4.99 Å². The molecule has 0 saturated heterocycles. The van der Waals surface area contributed by atoms with Gasteiger partial charge in [0.2, 0.25) is 0 Å². The van der Waals surface area contributed by atoms with Crippen LogP contribution in [0.4, 0.5) is 0 Å². The van der Waals surface area contributed by atoms with Crippen molar-refractivity contribution in [2.75, 3.05) is 13.2 Å². The minimum Gasteiger partial charge on any atom is -0.494 e. The standard InChI is InChI=1S/C25H24N2O4S/c1-4-30-19-13-9-10-17(14-19)15-20-23(28)27-22(18-11-7-6-8-12-18)21(24(29)31-5-2)16(3)26-25(27)32-20/h6-15,22H,4-5H2,1-3H3. The first-order valence-electron chi connectivity index (χ1n) is 10.5. The molecular formula is C25H24N2O4S. The predicted molar refractivity (Wildman–Crippen MR) is 124 cm³/mol. The monoisotopic (exact) mass is 448 g/mol. The Hall–Kier alpha value is -3.45. The smallest absolute Gasteiger partial charge is 0.338 e. The Labute approximate surface area is 189 Å². The van der Waals surface area contributed by atoms with E-state index < -0.39 is 12.0 Å². The number of carbonyl (C=O) groups excluding carboxylic acids is 1. The molecule has 32 heavy (non-hydrogen) atoms. The topological polar surface area (TPSA) is 69.9 Å². The number of aromatic nitrogens is 1. The average Bonchev–Trinajstić information content (AvgIpc) is 3.08. The summed E-state index contributed by atoms with van der Waals surface area (Å²) < 4.78 is 13.0. The van der Waals surface area contributed by atoms with Crippen molar-refractivity contribution >= 4 is 23.4 Å². The van der Waals surface area contributed by atoms with E-state index in [1.54, 1.807) is 18.4 Å². The van der Waals surface area contributed by atoms with Gasteiger partial charge in [0.25, 0.3) is 5.56 Å². The van der Waals surface area contributed by atoms with Crippen LogP contribution in [-0.2, 0) is 9.53 Å². The molecule has 0 aliphatic carbocycles. The SMILES string of the molecule is CCOC(=O)C1=C(C)N=c2sc(=Cc3cccc(OCC)c3)c(=O)n2C1c1ccccc1. The summed E-state index contributed by atoms with van der Waals surface area (Å²) in [4.78, 5) is 31.5. The lowest BCUT2D eigenvalue weighted by molar-refractivity contribution is -0.139. The Morgan fingerprint density at radius 2 is 1.91 bits per heavy atom. The van der Waals surface area contributed by atoms with Crippen molar-refractivity contribution in [1.82, 2.24) is 4.57 Å². The summed E-state index contributed by atoms with van der Waals surface area (Å²) in [5, 5.41) is 0. The maximum atomic E-state index is 13.5. The molecule has 7 heteroatoms. The molecule has 2 aromatic carbocycles. The van der Waals surface area contributed by atoms with Gasteiger partial charge in [-0.15, -0.1) is 0 Å². The van der Waals surface area contributed by atoms with Crippen LogP contribution in [0.3, 0.4) is 0 Å². The number of benzene rings is 2. The van der Waals surface area contributed by atoms with Crippen LogP contribution in [0, 0.1) is 0 Å². The summed E-state index contributed by atoms with van der Waals surface area (Å²) in [6.45, 7) is 6.29. The van der Waals surface area contributed by atoms with E-state index in [9.17, 15) is 9.59 Å². The molecule has 1 aromatic heterocycles. The van der Waals surface area contributed by atoms with Crippen LogP contribution >= 0.6 is 11.3 Å². The molecule has 1 aliphatic heterocycles. The molecule has 0 spiro atoms. The number of hydrogen-bond acceptors (Lipinski definition) is 6. The van der Waals surface area contributed by atoms with Crippen molar-refractivity contribution < 1.29 is 14.3 Å². The van der Waals surface area contributed by atoms with Crippen molar-refractivity contribution in [3.05, 3.63) is 96.7 Å². The molecular weight excluding hydrogens is 424 g/mol. The molecule has 0 bridgehead atoms.